The van der Waals surface area contributed by atoms with Gasteiger partial charge in [0.05, 0.1) is 5.92 Å². The third-order valence-corrected chi connectivity index (χ3v) is 3.91. The van der Waals surface area contributed by atoms with E-state index in [0.717, 1.165) is 32.2 Å². The van der Waals surface area contributed by atoms with E-state index in [-0.39, 0.29) is 23.1 Å². The summed E-state index contributed by atoms with van der Waals surface area (Å²) in [6, 6.07) is 0. The average molecular weight is 297 g/mol. The second-order valence-electron chi connectivity index (χ2n) is 7.17. The summed E-state index contributed by atoms with van der Waals surface area (Å²) in [5.74, 6) is 0.153. The van der Waals surface area contributed by atoms with Gasteiger partial charge in [0.25, 0.3) is 0 Å². The molecule has 1 atom stereocenters. The maximum Gasteiger partial charge on any atom is 0.224 e. The fourth-order valence-corrected chi connectivity index (χ4v) is 2.69. The molecule has 1 aliphatic rings. The lowest BCUT2D eigenvalue weighted by Crippen LogP contribution is -2.46. The van der Waals surface area contributed by atoms with Crippen molar-refractivity contribution in [3.05, 3.63) is 0 Å². The van der Waals surface area contributed by atoms with Crippen LogP contribution in [0.1, 0.15) is 52.9 Å². The van der Waals surface area contributed by atoms with E-state index in [1.807, 2.05) is 4.90 Å². The van der Waals surface area contributed by atoms with Crippen LogP contribution in [0.5, 0.6) is 0 Å². The number of nitrogens with zero attached hydrogens (tertiary/aromatic N) is 1. The van der Waals surface area contributed by atoms with Gasteiger partial charge in [-0.3, -0.25) is 9.59 Å². The van der Waals surface area contributed by atoms with E-state index in [9.17, 15) is 9.59 Å². The minimum absolute atomic E-state index is 0.0349. The van der Waals surface area contributed by atoms with E-state index < -0.39 is 0 Å². The highest BCUT2D eigenvalue weighted by Crippen LogP contribution is 2.23. The molecule has 3 N–H and O–H groups in total. The Hall–Kier alpha value is -1.10. The summed E-state index contributed by atoms with van der Waals surface area (Å²) >= 11 is 0. The number of nitrogens with one attached hydrogen (secondary N) is 1. The van der Waals surface area contributed by atoms with Crippen molar-refractivity contribution in [3.8, 4) is 0 Å². The molecule has 2 amide bonds. The zero-order valence-electron chi connectivity index (χ0n) is 13.8. The molecule has 5 heteroatoms. The molecule has 1 heterocycles. The van der Waals surface area contributed by atoms with Gasteiger partial charge in [-0.1, -0.05) is 20.8 Å². The fraction of sp³-hybridized carbons (Fsp3) is 0.875. The molecule has 0 aromatic carbocycles. The molecule has 1 saturated heterocycles. The van der Waals surface area contributed by atoms with Crippen LogP contribution < -0.4 is 11.1 Å². The summed E-state index contributed by atoms with van der Waals surface area (Å²) in [7, 11) is 0. The smallest absolute Gasteiger partial charge is 0.224 e. The molecule has 1 rings (SSSR count). The topological polar surface area (TPSA) is 75.4 Å². The minimum atomic E-state index is -0.0723. The maximum absolute atomic E-state index is 12.2. The maximum atomic E-state index is 12.2. The quantitative estimate of drug-likeness (QED) is 0.780. The predicted molar refractivity (Wildman–Crippen MR) is 84.7 cm³/mol. The van der Waals surface area contributed by atoms with E-state index in [4.69, 9.17) is 5.73 Å². The molecule has 0 aromatic rings. The Morgan fingerprint density at radius 3 is 2.67 bits per heavy atom. The predicted octanol–water partition coefficient (Wildman–Crippen LogP) is 1.52. The summed E-state index contributed by atoms with van der Waals surface area (Å²) in [4.78, 5) is 26.1. The van der Waals surface area contributed by atoms with Gasteiger partial charge in [0.1, 0.15) is 0 Å². The number of amides is 2. The van der Waals surface area contributed by atoms with Crippen molar-refractivity contribution in [2.24, 2.45) is 17.1 Å². The molecule has 0 aromatic heterocycles. The van der Waals surface area contributed by atoms with Gasteiger partial charge in [-0.05, 0) is 31.1 Å². The van der Waals surface area contributed by atoms with Crippen LogP contribution >= 0.6 is 0 Å². The third-order valence-electron chi connectivity index (χ3n) is 3.91. The van der Waals surface area contributed by atoms with E-state index in [0.29, 0.717) is 26.1 Å². The number of carbonyl (C=O) groups excluding carboxylic acids is 2. The Morgan fingerprint density at radius 1 is 1.33 bits per heavy atom. The van der Waals surface area contributed by atoms with Crippen LogP contribution in [0.2, 0.25) is 0 Å². The lowest BCUT2D eigenvalue weighted by Gasteiger charge is -2.32. The molecule has 1 fully saturated rings. The van der Waals surface area contributed by atoms with Gasteiger partial charge < -0.3 is 16.0 Å². The van der Waals surface area contributed by atoms with Crippen LogP contribution in [-0.2, 0) is 9.59 Å². The number of hydrogen-bond acceptors (Lipinski definition) is 3. The highest BCUT2D eigenvalue weighted by molar-refractivity contribution is 5.81. The summed E-state index contributed by atoms with van der Waals surface area (Å²) in [6.45, 7) is 8.88. The summed E-state index contributed by atoms with van der Waals surface area (Å²) in [6.07, 6.45) is 4.33. The molecule has 122 valence electrons. The van der Waals surface area contributed by atoms with Gasteiger partial charge in [0.15, 0.2) is 0 Å². The molecule has 1 unspecified atom stereocenters. The monoisotopic (exact) mass is 297 g/mol. The molecule has 5 nitrogen and oxygen atoms in total. The van der Waals surface area contributed by atoms with E-state index >= 15 is 0 Å². The first-order chi connectivity index (χ1) is 9.83. The van der Waals surface area contributed by atoms with Crippen molar-refractivity contribution in [1.82, 2.24) is 10.2 Å². The van der Waals surface area contributed by atoms with Crippen molar-refractivity contribution in [2.45, 2.75) is 52.9 Å². The summed E-state index contributed by atoms with van der Waals surface area (Å²) < 4.78 is 0. The SMILES string of the molecule is CC(C)(C)CCCC(=O)N1CCCC(C(=O)NCCN)C1. The van der Waals surface area contributed by atoms with Crippen LogP contribution in [0.25, 0.3) is 0 Å². The van der Waals surface area contributed by atoms with E-state index in [1.54, 1.807) is 0 Å². The number of piperidine rings is 1. The molecule has 0 bridgehead atoms. The van der Waals surface area contributed by atoms with Crippen LogP contribution in [0.4, 0.5) is 0 Å². The molecule has 0 radical (unpaired) electrons. The fourth-order valence-electron chi connectivity index (χ4n) is 2.69. The molecule has 21 heavy (non-hydrogen) atoms. The van der Waals surface area contributed by atoms with Crippen molar-refractivity contribution < 1.29 is 9.59 Å². The summed E-state index contributed by atoms with van der Waals surface area (Å²) in [5.41, 5.74) is 5.66. The minimum Gasteiger partial charge on any atom is -0.355 e. The largest absolute Gasteiger partial charge is 0.355 e. The van der Waals surface area contributed by atoms with E-state index in [1.165, 1.54) is 0 Å². The number of rotatable bonds is 6. The number of carbonyl (C=O) groups is 2. The Kier molecular flexibility index (Phi) is 7.15. The molecular weight excluding hydrogens is 266 g/mol. The highest BCUT2D eigenvalue weighted by atomic mass is 16.2. The molecular formula is C16H31N3O2. The average Bonchev–Trinajstić information content (AvgIpc) is 2.43. The Bertz CT molecular complexity index is 350. The van der Waals surface area contributed by atoms with E-state index in [2.05, 4.69) is 26.1 Å². The normalized spacial score (nSPS) is 19.4. The zero-order valence-corrected chi connectivity index (χ0v) is 13.8. The van der Waals surface area contributed by atoms with Crippen LogP contribution in [0.3, 0.4) is 0 Å². The third kappa shape index (κ3) is 6.93. The second kappa shape index (κ2) is 8.37. The lowest BCUT2D eigenvalue weighted by molar-refractivity contribution is -0.135. The number of likely N-dealkylation sites (tertiary alicyclic amines) is 1. The molecule has 1 aliphatic heterocycles. The van der Waals surface area contributed by atoms with Gasteiger partial charge in [-0.15, -0.1) is 0 Å². The van der Waals surface area contributed by atoms with Crippen LogP contribution in [0, 0.1) is 11.3 Å². The van der Waals surface area contributed by atoms with Gasteiger partial charge >= 0.3 is 0 Å². The molecule has 0 spiro atoms. The van der Waals surface area contributed by atoms with Gasteiger partial charge in [-0.25, -0.2) is 0 Å². The molecule has 0 aliphatic carbocycles. The van der Waals surface area contributed by atoms with Crippen LogP contribution in [0.15, 0.2) is 0 Å². The first kappa shape index (κ1) is 18.0. The van der Waals surface area contributed by atoms with Gasteiger partial charge in [0.2, 0.25) is 11.8 Å². The van der Waals surface area contributed by atoms with Crippen molar-refractivity contribution in [1.29, 1.82) is 0 Å². The Labute approximate surface area is 128 Å². The Morgan fingerprint density at radius 2 is 2.05 bits per heavy atom. The Balaban J connectivity index is 2.37. The number of hydrogen-bond donors (Lipinski definition) is 2. The number of nitrogens with two attached hydrogens (primary N) is 1. The van der Waals surface area contributed by atoms with Crippen molar-refractivity contribution in [2.75, 3.05) is 26.2 Å². The second-order valence-corrected chi connectivity index (χ2v) is 7.17. The zero-order chi connectivity index (χ0) is 15.9. The first-order valence-electron chi connectivity index (χ1n) is 8.09. The van der Waals surface area contributed by atoms with Crippen molar-refractivity contribution in [3.63, 3.8) is 0 Å². The highest BCUT2D eigenvalue weighted by Gasteiger charge is 2.28. The van der Waals surface area contributed by atoms with Gasteiger partial charge in [-0.2, -0.15) is 0 Å². The lowest BCUT2D eigenvalue weighted by atomic mass is 9.89. The van der Waals surface area contributed by atoms with Crippen LogP contribution in [-0.4, -0.2) is 42.9 Å². The van der Waals surface area contributed by atoms with Crippen molar-refractivity contribution >= 4 is 11.8 Å². The standard InChI is InChI=1S/C16H31N3O2/c1-16(2,3)8-4-7-14(20)19-11-5-6-13(12-19)15(21)18-10-9-17/h13H,4-12,17H2,1-3H3,(H,18,21). The van der Waals surface area contributed by atoms with Gasteiger partial charge in [0, 0.05) is 32.6 Å². The first-order valence-corrected chi connectivity index (χ1v) is 8.09. The summed E-state index contributed by atoms with van der Waals surface area (Å²) in [5, 5.41) is 2.82. The molecule has 0 saturated carbocycles.